The van der Waals surface area contributed by atoms with Gasteiger partial charge < -0.3 is 10.2 Å². The first kappa shape index (κ1) is 16.2. The van der Waals surface area contributed by atoms with Crippen molar-refractivity contribution in [1.82, 2.24) is 4.98 Å². The van der Waals surface area contributed by atoms with Crippen molar-refractivity contribution in [1.29, 1.82) is 0 Å². The van der Waals surface area contributed by atoms with Gasteiger partial charge >= 0.3 is 0 Å². The fourth-order valence-corrected chi connectivity index (χ4v) is 3.05. The average molecular weight is 351 g/mol. The zero-order valence-corrected chi connectivity index (χ0v) is 13.7. The summed E-state index contributed by atoms with van der Waals surface area (Å²) >= 11 is 0. The molecule has 0 saturated heterocycles. The van der Waals surface area contributed by atoms with E-state index in [1.165, 1.54) is 11.6 Å². The van der Waals surface area contributed by atoms with E-state index < -0.39 is 17.5 Å². The molecule has 1 amide bonds. The number of nitrogens with one attached hydrogen (secondary N) is 1. The number of carbonyl (C=O) groups is 1. The predicted molar refractivity (Wildman–Crippen MR) is 95.7 cm³/mol. The van der Waals surface area contributed by atoms with Gasteiger partial charge in [0.05, 0.1) is 11.9 Å². The fraction of sp³-hybridized carbons (Fsp3) is 0.100. The number of pyridine rings is 1. The first-order chi connectivity index (χ1) is 12.6. The van der Waals surface area contributed by atoms with Crippen LogP contribution < -0.4 is 10.2 Å². The molecule has 0 spiro atoms. The Kier molecular flexibility index (Phi) is 4.08. The van der Waals surface area contributed by atoms with E-state index in [2.05, 4.69) is 27.3 Å². The van der Waals surface area contributed by atoms with Gasteiger partial charge in [-0.1, -0.05) is 18.2 Å². The van der Waals surface area contributed by atoms with Gasteiger partial charge in [-0.15, -0.1) is 0 Å². The molecule has 0 bridgehead atoms. The maximum absolute atomic E-state index is 13.2. The molecule has 4 nitrogen and oxygen atoms in total. The number of rotatable bonds is 3. The molecule has 0 saturated carbocycles. The Labute approximate surface area is 149 Å². The van der Waals surface area contributed by atoms with Crippen molar-refractivity contribution in [3.63, 3.8) is 0 Å². The highest BCUT2D eigenvalue weighted by Crippen LogP contribution is 2.34. The number of carbonyl (C=O) groups excluding carboxylic acids is 1. The SMILES string of the molecule is O=C(Nc1ccc(N2CCc3ccccc32)cn1)c1ccc(F)c(F)c1. The number of hydrogen-bond donors (Lipinski definition) is 1. The quantitative estimate of drug-likeness (QED) is 0.765. The second-order valence-electron chi connectivity index (χ2n) is 6.02. The maximum Gasteiger partial charge on any atom is 0.256 e. The molecule has 0 unspecified atom stereocenters. The van der Waals surface area contributed by atoms with Crippen LogP contribution in [0.15, 0.2) is 60.8 Å². The van der Waals surface area contributed by atoms with Crippen molar-refractivity contribution >= 4 is 23.1 Å². The molecular weight excluding hydrogens is 336 g/mol. The monoisotopic (exact) mass is 351 g/mol. The van der Waals surface area contributed by atoms with Crippen LogP contribution in [0.2, 0.25) is 0 Å². The number of benzene rings is 2. The number of amides is 1. The molecule has 3 aromatic rings. The van der Waals surface area contributed by atoms with Gasteiger partial charge in [0.2, 0.25) is 0 Å². The number of hydrogen-bond acceptors (Lipinski definition) is 3. The number of para-hydroxylation sites is 1. The van der Waals surface area contributed by atoms with E-state index in [0.717, 1.165) is 36.5 Å². The third-order valence-electron chi connectivity index (χ3n) is 4.37. The molecule has 0 fully saturated rings. The largest absolute Gasteiger partial charge is 0.340 e. The Morgan fingerprint density at radius 3 is 2.65 bits per heavy atom. The van der Waals surface area contributed by atoms with Crippen molar-refractivity contribution in [2.24, 2.45) is 0 Å². The lowest BCUT2D eigenvalue weighted by atomic mass is 10.2. The summed E-state index contributed by atoms with van der Waals surface area (Å²) in [7, 11) is 0. The highest BCUT2D eigenvalue weighted by molar-refractivity contribution is 6.03. The molecule has 2 heterocycles. The first-order valence-corrected chi connectivity index (χ1v) is 8.20. The highest BCUT2D eigenvalue weighted by Gasteiger charge is 2.20. The van der Waals surface area contributed by atoms with Crippen molar-refractivity contribution in [3.8, 4) is 0 Å². The van der Waals surface area contributed by atoms with Gasteiger partial charge in [0.1, 0.15) is 5.82 Å². The minimum Gasteiger partial charge on any atom is -0.340 e. The topological polar surface area (TPSA) is 45.2 Å². The predicted octanol–water partition coefficient (Wildman–Crippen LogP) is 4.31. The summed E-state index contributed by atoms with van der Waals surface area (Å²) in [5.74, 6) is -2.25. The van der Waals surface area contributed by atoms with Crippen LogP contribution in [0.1, 0.15) is 15.9 Å². The molecule has 4 rings (SSSR count). The van der Waals surface area contributed by atoms with Gasteiger partial charge in [0.15, 0.2) is 11.6 Å². The summed E-state index contributed by atoms with van der Waals surface area (Å²) in [6.45, 7) is 0.877. The van der Waals surface area contributed by atoms with Gasteiger partial charge in [0, 0.05) is 17.8 Å². The number of nitrogens with zero attached hydrogens (tertiary/aromatic N) is 2. The molecule has 1 aliphatic rings. The summed E-state index contributed by atoms with van der Waals surface area (Å²) < 4.78 is 26.2. The molecule has 0 aliphatic carbocycles. The first-order valence-electron chi connectivity index (χ1n) is 8.20. The summed E-state index contributed by atoms with van der Waals surface area (Å²) in [6.07, 6.45) is 2.66. The summed E-state index contributed by atoms with van der Waals surface area (Å²) in [6, 6.07) is 14.8. The Morgan fingerprint density at radius 2 is 1.88 bits per heavy atom. The molecule has 1 aliphatic heterocycles. The number of anilines is 3. The molecule has 2 aromatic carbocycles. The van der Waals surface area contributed by atoms with Crippen LogP contribution in [0, 0.1) is 11.6 Å². The van der Waals surface area contributed by atoms with E-state index in [-0.39, 0.29) is 5.56 Å². The number of fused-ring (bicyclic) bond motifs is 1. The standard InChI is InChI=1S/C20H15F2N3O/c21-16-7-5-14(11-17(16)22)20(26)24-19-8-6-15(12-23-19)25-10-9-13-3-1-2-4-18(13)25/h1-8,11-12H,9-10H2,(H,23,24,26). The lowest BCUT2D eigenvalue weighted by Gasteiger charge is -2.19. The van der Waals surface area contributed by atoms with E-state index in [4.69, 9.17) is 0 Å². The van der Waals surface area contributed by atoms with E-state index >= 15 is 0 Å². The van der Waals surface area contributed by atoms with Crippen molar-refractivity contribution in [3.05, 3.63) is 83.6 Å². The third-order valence-corrected chi connectivity index (χ3v) is 4.37. The van der Waals surface area contributed by atoms with Crippen LogP contribution in [0.5, 0.6) is 0 Å². The second-order valence-corrected chi connectivity index (χ2v) is 6.02. The van der Waals surface area contributed by atoms with Gasteiger partial charge in [-0.2, -0.15) is 0 Å². The Bertz CT molecular complexity index is 973. The molecule has 0 radical (unpaired) electrons. The Hall–Kier alpha value is -3.28. The molecule has 6 heteroatoms. The molecule has 1 aromatic heterocycles. The van der Waals surface area contributed by atoms with Crippen LogP contribution in [-0.2, 0) is 6.42 Å². The van der Waals surface area contributed by atoms with Crippen LogP contribution in [0.3, 0.4) is 0 Å². The summed E-state index contributed by atoms with van der Waals surface area (Å²) in [5.41, 5.74) is 3.42. The van der Waals surface area contributed by atoms with Crippen LogP contribution >= 0.6 is 0 Å². The number of aromatic nitrogens is 1. The average Bonchev–Trinajstić information content (AvgIpc) is 3.09. The highest BCUT2D eigenvalue weighted by atomic mass is 19.2. The number of halogens is 2. The zero-order valence-electron chi connectivity index (χ0n) is 13.7. The molecule has 0 atom stereocenters. The van der Waals surface area contributed by atoms with Gasteiger partial charge in [-0.05, 0) is 48.4 Å². The van der Waals surface area contributed by atoms with Gasteiger partial charge in [0.25, 0.3) is 5.91 Å². The molecular formula is C20H15F2N3O. The lowest BCUT2D eigenvalue weighted by Crippen LogP contribution is -2.15. The van der Waals surface area contributed by atoms with Crippen molar-refractivity contribution in [2.75, 3.05) is 16.8 Å². The van der Waals surface area contributed by atoms with Crippen LogP contribution in [0.25, 0.3) is 0 Å². The summed E-state index contributed by atoms with van der Waals surface area (Å²) in [4.78, 5) is 18.6. The maximum atomic E-state index is 13.2. The normalized spacial score (nSPS) is 12.8. The van der Waals surface area contributed by atoms with E-state index in [0.29, 0.717) is 5.82 Å². The van der Waals surface area contributed by atoms with Crippen LogP contribution in [0.4, 0.5) is 26.0 Å². The van der Waals surface area contributed by atoms with E-state index in [9.17, 15) is 13.6 Å². The smallest absolute Gasteiger partial charge is 0.256 e. The second kappa shape index (κ2) is 6.55. The van der Waals surface area contributed by atoms with E-state index in [1.54, 1.807) is 12.3 Å². The zero-order chi connectivity index (χ0) is 18.1. The molecule has 1 N–H and O–H groups in total. The van der Waals surface area contributed by atoms with Gasteiger partial charge in [-0.25, -0.2) is 13.8 Å². The van der Waals surface area contributed by atoms with E-state index in [1.807, 2.05) is 18.2 Å². The third kappa shape index (κ3) is 3.01. The fourth-order valence-electron chi connectivity index (χ4n) is 3.05. The summed E-state index contributed by atoms with van der Waals surface area (Å²) in [5, 5.41) is 2.58. The minimum absolute atomic E-state index is 0.0308. The molecule has 130 valence electrons. The van der Waals surface area contributed by atoms with Crippen molar-refractivity contribution < 1.29 is 13.6 Å². The van der Waals surface area contributed by atoms with Crippen LogP contribution in [-0.4, -0.2) is 17.4 Å². The van der Waals surface area contributed by atoms with Crippen molar-refractivity contribution in [2.45, 2.75) is 6.42 Å². The minimum atomic E-state index is -1.06. The molecule has 26 heavy (non-hydrogen) atoms. The Morgan fingerprint density at radius 1 is 1.04 bits per heavy atom. The van der Waals surface area contributed by atoms with Gasteiger partial charge in [-0.3, -0.25) is 4.79 Å². The lowest BCUT2D eigenvalue weighted by molar-refractivity contribution is 0.102. The Balaban J connectivity index is 1.50.